The van der Waals surface area contributed by atoms with Crippen molar-refractivity contribution < 1.29 is 18.0 Å². The van der Waals surface area contributed by atoms with E-state index in [1.165, 1.54) is 23.1 Å². The number of carbonyl (C=O) groups is 2. The van der Waals surface area contributed by atoms with Crippen LogP contribution in [0, 0.1) is 5.92 Å². The summed E-state index contributed by atoms with van der Waals surface area (Å²) < 4.78 is 26.1. The Hall–Kier alpha value is -2.00. The van der Waals surface area contributed by atoms with E-state index in [4.69, 9.17) is 34.8 Å². The highest BCUT2D eigenvalue weighted by Crippen LogP contribution is 2.31. The zero-order chi connectivity index (χ0) is 25.6. The van der Waals surface area contributed by atoms with Crippen LogP contribution in [0.3, 0.4) is 0 Å². The van der Waals surface area contributed by atoms with Gasteiger partial charge in [0.15, 0.2) is 0 Å². The van der Waals surface area contributed by atoms with E-state index < -0.39 is 28.5 Å². The molecule has 0 saturated heterocycles. The highest BCUT2D eigenvalue weighted by atomic mass is 35.5. The summed E-state index contributed by atoms with van der Waals surface area (Å²) in [6, 6.07) is 10.3. The molecule has 7 nitrogen and oxygen atoms in total. The minimum Gasteiger partial charge on any atom is -0.354 e. The van der Waals surface area contributed by atoms with Gasteiger partial charge in [0, 0.05) is 23.1 Å². The van der Waals surface area contributed by atoms with Crippen LogP contribution in [0.4, 0.5) is 5.69 Å². The molecule has 0 bridgehead atoms. The molecular weight excluding hydrogens is 521 g/mol. The molecule has 1 atom stereocenters. The summed E-state index contributed by atoms with van der Waals surface area (Å²) >= 11 is 18.2. The summed E-state index contributed by atoms with van der Waals surface area (Å²) in [4.78, 5) is 27.6. The quantitative estimate of drug-likeness (QED) is 0.470. The summed E-state index contributed by atoms with van der Waals surface area (Å²) in [5, 5.41) is 3.73. The van der Waals surface area contributed by atoms with Crippen molar-refractivity contribution in [3.05, 3.63) is 63.1 Å². The maximum Gasteiger partial charge on any atom is 0.244 e. The minimum absolute atomic E-state index is 0.0765. The number of sulfonamides is 1. The number of carbonyl (C=O) groups excluding carboxylic acids is 2. The molecule has 0 spiro atoms. The predicted octanol–water partition coefficient (Wildman–Crippen LogP) is 4.60. The summed E-state index contributed by atoms with van der Waals surface area (Å²) in [6.45, 7) is 5.47. The molecule has 0 aliphatic carbocycles. The molecule has 0 fully saturated rings. The smallest absolute Gasteiger partial charge is 0.244 e. The Morgan fingerprint density at radius 3 is 2.12 bits per heavy atom. The van der Waals surface area contributed by atoms with E-state index >= 15 is 0 Å². The van der Waals surface area contributed by atoms with Crippen LogP contribution in [0.1, 0.15) is 26.3 Å². The lowest BCUT2D eigenvalue weighted by molar-refractivity contribution is -0.139. The molecule has 0 aliphatic rings. The summed E-state index contributed by atoms with van der Waals surface area (Å²) in [6.07, 6.45) is 0.972. The van der Waals surface area contributed by atoms with Gasteiger partial charge in [-0.1, -0.05) is 60.8 Å². The highest BCUT2D eigenvalue weighted by Gasteiger charge is 2.31. The van der Waals surface area contributed by atoms with Gasteiger partial charge in [-0.25, -0.2) is 8.42 Å². The van der Waals surface area contributed by atoms with Crippen molar-refractivity contribution in [3.63, 3.8) is 0 Å². The Morgan fingerprint density at radius 2 is 1.56 bits per heavy atom. The fourth-order valence-corrected chi connectivity index (χ4v) is 4.51. The summed E-state index contributed by atoms with van der Waals surface area (Å²) in [5.41, 5.74) is 0.807. The Morgan fingerprint density at radius 1 is 0.971 bits per heavy atom. The fraction of sp³-hybridized carbons (Fsp3) is 0.391. The van der Waals surface area contributed by atoms with Crippen molar-refractivity contribution in [3.8, 4) is 0 Å². The van der Waals surface area contributed by atoms with Gasteiger partial charge in [-0.05, 0) is 48.7 Å². The molecular formula is C23H28Cl3N3O4S. The third-order valence-corrected chi connectivity index (χ3v) is 6.91. The van der Waals surface area contributed by atoms with Gasteiger partial charge in [0.2, 0.25) is 21.8 Å². The Bertz CT molecular complexity index is 1120. The second-order valence-electron chi connectivity index (χ2n) is 8.33. The Labute approximate surface area is 216 Å². The molecule has 0 aromatic heterocycles. The van der Waals surface area contributed by atoms with Crippen LogP contribution in [0.2, 0.25) is 15.1 Å². The maximum absolute atomic E-state index is 13.5. The van der Waals surface area contributed by atoms with Gasteiger partial charge >= 0.3 is 0 Å². The third kappa shape index (κ3) is 8.05. The SMILES string of the molecule is CC(C)CNC(=O)C(C)N(Cc1ccc(Cl)cc1)C(=O)CN(c1cc(Cl)ccc1Cl)S(C)(=O)=O. The molecule has 2 aromatic carbocycles. The number of hydrogen-bond acceptors (Lipinski definition) is 4. The molecule has 1 unspecified atom stereocenters. The molecule has 2 aromatic rings. The van der Waals surface area contributed by atoms with Crippen LogP contribution >= 0.6 is 34.8 Å². The molecule has 0 radical (unpaired) electrons. The number of nitrogens with one attached hydrogen (secondary N) is 1. The molecule has 0 heterocycles. The highest BCUT2D eigenvalue weighted by molar-refractivity contribution is 7.92. The number of halogens is 3. The van der Waals surface area contributed by atoms with Crippen molar-refractivity contribution >= 4 is 62.3 Å². The average Bonchev–Trinajstić information content (AvgIpc) is 2.75. The predicted molar refractivity (Wildman–Crippen MR) is 138 cm³/mol. The average molecular weight is 549 g/mol. The number of rotatable bonds is 10. The fourth-order valence-electron chi connectivity index (χ4n) is 3.09. The van der Waals surface area contributed by atoms with E-state index in [2.05, 4.69) is 5.32 Å². The number of anilines is 1. The third-order valence-electron chi connectivity index (χ3n) is 4.97. The van der Waals surface area contributed by atoms with E-state index in [1.54, 1.807) is 31.2 Å². The molecule has 2 amide bonds. The van der Waals surface area contributed by atoms with Crippen molar-refractivity contribution in [1.82, 2.24) is 10.2 Å². The van der Waals surface area contributed by atoms with Crippen molar-refractivity contribution in [1.29, 1.82) is 0 Å². The second kappa shape index (κ2) is 12.1. The molecule has 0 saturated carbocycles. The first kappa shape index (κ1) is 28.2. The van der Waals surface area contributed by atoms with Gasteiger partial charge in [0.25, 0.3) is 0 Å². The lowest BCUT2D eigenvalue weighted by Gasteiger charge is -2.32. The lowest BCUT2D eigenvalue weighted by atomic mass is 10.1. The number of hydrogen-bond donors (Lipinski definition) is 1. The first-order valence-corrected chi connectivity index (χ1v) is 13.5. The molecule has 34 heavy (non-hydrogen) atoms. The number of amides is 2. The molecule has 2 rings (SSSR count). The van der Waals surface area contributed by atoms with Gasteiger partial charge in [0.05, 0.1) is 17.0 Å². The van der Waals surface area contributed by atoms with E-state index in [-0.39, 0.29) is 34.1 Å². The van der Waals surface area contributed by atoms with Crippen molar-refractivity contribution in [2.24, 2.45) is 5.92 Å². The first-order valence-electron chi connectivity index (χ1n) is 10.5. The van der Waals surface area contributed by atoms with Gasteiger partial charge in [-0.15, -0.1) is 0 Å². The summed E-state index contributed by atoms with van der Waals surface area (Å²) in [7, 11) is -3.91. The van der Waals surface area contributed by atoms with E-state index in [0.29, 0.717) is 11.6 Å². The zero-order valence-electron chi connectivity index (χ0n) is 19.4. The van der Waals surface area contributed by atoms with Crippen molar-refractivity contribution in [2.75, 3.05) is 23.7 Å². The normalized spacial score (nSPS) is 12.4. The zero-order valence-corrected chi connectivity index (χ0v) is 22.5. The minimum atomic E-state index is -3.91. The monoisotopic (exact) mass is 547 g/mol. The van der Waals surface area contributed by atoms with Crippen LogP contribution in [0.25, 0.3) is 0 Å². The van der Waals surface area contributed by atoms with Gasteiger partial charge < -0.3 is 10.2 Å². The van der Waals surface area contributed by atoms with E-state index in [9.17, 15) is 18.0 Å². The van der Waals surface area contributed by atoms with Gasteiger partial charge in [0.1, 0.15) is 12.6 Å². The van der Waals surface area contributed by atoms with Gasteiger partial charge in [-0.3, -0.25) is 13.9 Å². The molecule has 186 valence electrons. The largest absolute Gasteiger partial charge is 0.354 e. The lowest BCUT2D eigenvalue weighted by Crippen LogP contribution is -2.51. The van der Waals surface area contributed by atoms with Crippen molar-refractivity contribution in [2.45, 2.75) is 33.4 Å². The second-order valence-corrected chi connectivity index (χ2v) is 11.5. The van der Waals surface area contributed by atoms with Crippen LogP contribution in [-0.2, 0) is 26.2 Å². The number of nitrogens with zero attached hydrogens (tertiary/aromatic N) is 2. The molecule has 0 aliphatic heterocycles. The Kier molecular flexibility index (Phi) is 10.1. The van der Waals surface area contributed by atoms with Crippen LogP contribution in [0.5, 0.6) is 0 Å². The molecule has 11 heteroatoms. The Balaban J connectivity index is 2.40. The van der Waals surface area contributed by atoms with Crippen LogP contribution in [0.15, 0.2) is 42.5 Å². The van der Waals surface area contributed by atoms with E-state index in [1.807, 2.05) is 13.8 Å². The number of benzene rings is 2. The standard InChI is InChI=1S/C23H28Cl3N3O4S/c1-15(2)12-27-23(31)16(3)28(13-17-5-7-18(24)8-6-17)22(30)14-29(34(4,32)33)21-11-19(25)9-10-20(21)26/h5-11,15-16H,12-14H2,1-4H3,(H,27,31). The first-order chi connectivity index (χ1) is 15.8. The van der Waals surface area contributed by atoms with Gasteiger partial charge in [-0.2, -0.15) is 0 Å². The van der Waals surface area contributed by atoms with Crippen LogP contribution in [-0.4, -0.2) is 50.5 Å². The topological polar surface area (TPSA) is 86.8 Å². The van der Waals surface area contributed by atoms with Crippen LogP contribution < -0.4 is 9.62 Å². The maximum atomic E-state index is 13.5. The summed E-state index contributed by atoms with van der Waals surface area (Å²) in [5.74, 6) is -0.700. The van der Waals surface area contributed by atoms with E-state index in [0.717, 1.165) is 16.1 Å². The molecule has 1 N–H and O–H groups in total.